The van der Waals surface area contributed by atoms with Gasteiger partial charge in [0.05, 0.1) is 0 Å². The van der Waals surface area contributed by atoms with E-state index in [0.717, 1.165) is 0 Å². The summed E-state index contributed by atoms with van der Waals surface area (Å²) in [4.78, 5) is 0. The third-order valence-corrected chi connectivity index (χ3v) is 0. The van der Waals surface area contributed by atoms with Gasteiger partial charge in [0.2, 0.25) is 0 Å². The molecule has 0 rings (SSSR count). The Labute approximate surface area is 78.6 Å². The van der Waals surface area contributed by atoms with Crippen LogP contribution in [-0.4, -0.2) is 57.0 Å². The van der Waals surface area contributed by atoms with Crippen molar-refractivity contribution in [3.8, 4) is 0 Å². The molecular formula is H12O12S2. The second-order valence-electron chi connectivity index (χ2n) is 0.896. The van der Waals surface area contributed by atoms with E-state index in [2.05, 4.69) is 0 Å². The van der Waals surface area contributed by atoms with Gasteiger partial charge < -0.3 is 21.9 Å². The van der Waals surface area contributed by atoms with Crippen molar-refractivity contribution in [2.45, 2.75) is 0 Å². The molecule has 96 valence electrons. The van der Waals surface area contributed by atoms with Gasteiger partial charge in [-0.05, 0) is 0 Å². The molecule has 0 radical (unpaired) electrons. The first-order valence-corrected chi connectivity index (χ1v) is 4.19. The van der Waals surface area contributed by atoms with Crippen molar-refractivity contribution in [2.24, 2.45) is 0 Å². The van der Waals surface area contributed by atoms with Gasteiger partial charge in [-0.25, -0.2) is 0 Å². The summed E-state index contributed by atoms with van der Waals surface area (Å²) in [7, 11) is -9.33. The lowest BCUT2D eigenvalue weighted by Gasteiger charge is -1.68. The van der Waals surface area contributed by atoms with Gasteiger partial charge in [-0.2, -0.15) is 16.8 Å². The van der Waals surface area contributed by atoms with E-state index >= 15 is 0 Å². The molecule has 0 bridgehead atoms. The lowest BCUT2D eigenvalue weighted by atomic mass is 15.8. The molecule has 0 aliphatic heterocycles. The SMILES string of the molecule is O.O.O.O.O=S(=O)(O)O.O=S(=O)(O)O. The van der Waals surface area contributed by atoms with Crippen LogP contribution < -0.4 is 0 Å². The molecule has 0 aliphatic carbocycles. The predicted molar refractivity (Wildman–Crippen MR) is 42.8 cm³/mol. The maximum atomic E-state index is 8.74. The van der Waals surface area contributed by atoms with Gasteiger partial charge in [0.1, 0.15) is 0 Å². The van der Waals surface area contributed by atoms with Crippen LogP contribution in [0.2, 0.25) is 0 Å². The quantitative estimate of drug-likeness (QED) is 0.309. The van der Waals surface area contributed by atoms with E-state index in [1.165, 1.54) is 0 Å². The van der Waals surface area contributed by atoms with Crippen LogP contribution in [0.15, 0.2) is 0 Å². The summed E-state index contributed by atoms with van der Waals surface area (Å²) in [5, 5.41) is 0. The Morgan fingerprint density at radius 3 is 0.500 bits per heavy atom. The van der Waals surface area contributed by atoms with Gasteiger partial charge in [-0.1, -0.05) is 0 Å². The van der Waals surface area contributed by atoms with Crippen LogP contribution in [0.1, 0.15) is 0 Å². The fourth-order valence-corrected chi connectivity index (χ4v) is 0. The number of hydrogen-bond donors (Lipinski definition) is 4. The summed E-state index contributed by atoms with van der Waals surface area (Å²) in [5.41, 5.74) is 0. The zero-order valence-corrected chi connectivity index (χ0v) is 7.87. The molecule has 0 fully saturated rings. The number of rotatable bonds is 0. The first kappa shape index (κ1) is 37.4. The Kier molecular flexibility index (Phi) is 33.6. The molecule has 0 atom stereocenters. The first-order chi connectivity index (χ1) is 4.00. The molecule has 0 aromatic heterocycles. The van der Waals surface area contributed by atoms with Crippen molar-refractivity contribution in [2.75, 3.05) is 0 Å². The van der Waals surface area contributed by atoms with Crippen molar-refractivity contribution in [3.05, 3.63) is 0 Å². The van der Waals surface area contributed by atoms with Crippen LogP contribution in [0.3, 0.4) is 0 Å². The minimum atomic E-state index is -4.67. The zero-order chi connectivity index (χ0) is 9.00. The monoisotopic (exact) mass is 268 g/mol. The maximum absolute atomic E-state index is 8.74. The van der Waals surface area contributed by atoms with Crippen molar-refractivity contribution < 1.29 is 57.0 Å². The molecule has 0 aromatic rings. The molecule has 0 aliphatic rings. The molecular weight excluding hydrogens is 256 g/mol. The lowest BCUT2D eigenvalue weighted by molar-refractivity contribution is 0.378. The van der Waals surface area contributed by atoms with E-state index in [-0.39, 0.29) is 21.9 Å². The molecule has 12 N–H and O–H groups in total. The highest BCUT2D eigenvalue weighted by molar-refractivity contribution is 7.80. The fraction of sp³-hybridized carbons (Fsp3) is 0. The van der Waals surface area contributed by atoms with Crippen LogP contribution in [0.5, 0.6) is 0 Å². The van der Waals surface area contributed by atoms with E-state index in [1.807, 2.05) is 0 Å². The van der Waals surface area contributed by atoms with E-state index < -0.39 is 20.8 Å². The summed E-state index contributed by atoms with van der Waals surface area (Å²) < 4.78 is 63.2. The Morgan fingerprint density at radius 1 is 0.500 bits per heavy atom. The topological polar surface area (TPSA) is 275 Å². The normalized spacial score (nSPS) is 8.29. The maximum Gasteiger partial charge on any atom is 0.394 e. The van der Waals surface area contributed by atoms with Crippen molar-refractivity contribution in [1.82, 2.24) is 0 Å². The minimum Gasteiger partial charge on any atom is -0.412 e. The molecule has 0 saturated heterocycles. The highest BCUT2D eigenvalue weighted by Gasteiger charge is 1.85. The average Bonchev–Trinajstić information content (AvgIpc) is 1.12. The fourth-order valence-electron chi connectivity index (χ4n) is 0. The van der Waals surface area contributed by atoms with Crippen LogP contribution in [-0.2, 0) is 20.8 Å². The average molecular weight is 268 g/mol. The summed E-state index contributed by atoms with van der Waals surface area (Å²) >= 11 is 0. The van der Waals surface area contributed by atoms with E-state index in [1.54, 1.807) is 0 Å². The third kappa shape index (κ3) is 7350. The lowest BCUT2D eigenvalue weighted by Crippen LogP contribution is -1.89. The molecule has 0 heterocycles. The highest BCUT2D eigenvalue weighted by atomic mass is 32.3. The largest absolute Gasteiger partial charge is 0.412 e. The van der Waals surface area contributed by atoms with E-state index in [4.69, 9.17) is 35.0 Å². The van der Waals surface area contributed by atoms with E-state index in [0.29, 0.717) is 0 Å². The van der Waals surface area contributed by atoms with Crippen LogP contribution >= 0.6 is 0 Å². The van der Waals surface area contributed by atoms with Crippen LogP contribution in [0.25, 0.3) is 0 Å². The van der Waals surface area contributed by atoms with Crippen molar-refractivity contribution >= 4 is 20.8 Å². The Bertz CT molecular complexity index is 205. The van der Waals surface area contributed by atoms with Gasteiger partial charge in [-0.3, -0.25) is 18.2 Å². The van der Waals surface area contributed by atoms with Crippen molar-refractivity contribution in [1.29, 1.82) is 0 Å². The summed E-state index contributed by atoms with van der Waals surface area (Å²) in [6, 6.07) is 0. The van der Waals surface area contributed by atoms with Crippen molar-refractivity contribution in [3.63, 3.8) is 0 Å². The first-order valence-electron chi connectivity index (χ1n) is 1.40. The van der Waals surface area contributed by atoms with Crippen LogP contribution in [0, 0.1) is 0 Å². The summed E-state index contributed by atoms with van der Waals surface area (Å²) in [6.45, 7) is 0. The van der Waals surface area contributed by atoms with Gasteiger partial charge in [0.15, 0.2) is 0 Å². The molecule has 0 amide bonds. The molecule has 0 aromatic carbocycles. The van der Waals surface area contributed by atoms with Gasteiger partial charge >= 0.3 is 20.8 Å². The van der Waals surface area contributed by atoms with Crippen LogP contribution in [0.4, 0.5) is 0 Å². The Morgan fingerprint density at radius 2 is 0.500 bits per heavy atom. The molecule has 12 nitrogen and oxygen atoms in total. The van der Waals surface area contributed by atoms with Gasteiger partial charge in [0.25, 0.3) is 0 Å². The molecule has 0 spiro atoms. The van der Waals surface area contributed by atoms with Gasteiger partial charge in [-0.15, -0.1) is 0 Å². The molecule has 0 unspecified atom stereocenters. The standard InChI is InChI=1S/2H2O4S.4H2O/c2*1-5(2,3)4;;;;/h2*(H2,1,2,3,4);4*1H2. The Balaban J connectivity index is -0.0000000178. The molecule has 14 heteroatoms. The summed E-state index contributed by atoms with van der Waals surface area (Å²) in [6.07, 6.45) is 0. The summed E-state index contributed by atoms with van der Waals surface area (Å²) in [5.74, 6) is 0. The Hall–Kier alpha value is -0.420. The van der Waals surface area contributed by atoms with Gasteiger partial charge in [0, 0.05) is 0 Å². The third-order valence-electron chi connectivity index (χ3n) is 0. The molecule has 14 heavy (non-hydrogen) atoms. The van der Waals surface area contributed by atoms with E-state index in [9.17, 15) is 0 Å². The number of hydrogen-bond acceptors (Lipinski definition) is 4. The predicted octanol–water partition coefficient (Wildman–Crippen LogP) is -4.60. The smallest absolute Gasteiger partial charge is 0.394 e. The highest BCUT2D eigenvalue weighted by Crippen LogP contribution is 1.59. The zero-order valence-electron chi connectivity index (χ0n) is 6.24. The second kappa shape index (κ2) is 12.6. The minimum absolute atomic E-state index is 0. The second-order valence-corrected chi connectivity index (χ2v) is 2.69. The molecule has 0 saturated carbocycles.